The van der Waals surface area contributed by atoms with Crippen LogP contribution < -0.4 is 0 Å². The topological polar surface area (TPSA) is 23.5 Å². The molecule has 2 nitrogen and oxygen atoms in total. The monoisotopic (exact) mass is 285 g/mol. The van der Waals surface area contributed by atoms with Crippen molar-refractivity contribution < 1.29 is 5.11 Å². The summed E-state index contributed by atoms with van der Waals surface area (Å²) >= 11 is 1.88. The molecule has 2 aliphatic rings. The summed E-state index contributed by atoms with van der Waals surface area (Å²) in [6, 6.07) is 6.48. The van der Waals surface area contributed by atoms with Crippen molar-refractivity contribution in [1.29, 1.82) is 0 Å². The van der Waals surface area contributed by atoms with Crippen LogP contribution in [0.3, 0.4) is 0 Å². The maximum atomic E-state index is 10.2. The summed E-state index contributed by atoms with van der Waals surface area (Å²) < 4.78 is 0. The fourth-order valence-corrected chi connectivity index (χ4v) is 4.36. The standard InChI is InChI=1S/C17H19NOS/c19-16-9-13-3-1-2-12(13)8-15(16)11-18-6-4-17-14(10-18)5-7-20-17/h5,7-9,19H,1-4,6,10-11H2. The van der Waals surface area contributed by atoms with Crippen LogP contribution >= 0.6 is 11.3 Å². The first-order chi connectivity index (χ1) is 9.79. The predicted molar refractivity (Wildman–Crippen MR) is 82.3 cm³/mol. The highest BCUT2D eigenvalue weighted by Gasteiger charge is 2.20. The van der Waals surface area contributed by atoms with E-state index in [1.807, 2.05) is 17.4 Å². The van der Waals surface area contributed by atoms with E-state index >= 15 is 0 Å². The summed E-state index contributed by atoms with van der Waals surface area (Å²) in [5, 5.41) is 12.4. The first-order valence-corrected chi connectivity index (χ1v) is 8.29. The van der Waals surface area contributed by atoms with Crippen LogP contribution in [0.4, 0.5) is 0 Å². The fraction of sp³-hybridized carbons (Fsp3) is 0.412. The molecule has 1 N–H and O–H groups in total. The zero-order valence-corrected chi connectivity index (χ0v) is 12.4. The zero-order valence-electron chi connectivity index (χ0n) is 11.6. The van der Waals surface area contributed by atoms with Crippen LogP contribution in [0.25, 0.3) is 0 Å². The summed E-state index contributed by atoms with van der Waals surface area (Å²) in [5.74, 6) is 0.488. The van der Waals surface area contributed by atoms with Crippen LogP contribution in [0.2, 0.25) is 0 Å². The van der Waals surface area contributed by atoms with E-state index in [4.69, 9.17) is 0 Å². The summed E-state index contributed by atoms with van der Waals surface area (Å²) in [7, 11) is 0. The Kier molecular flexibility index (Phi) is 3.04. The molecule has 20 heavy (non-hydrogen) atoms. The minimum Gasteiger partial charge on any atom is -0.508 e. The number of nitrogens with zero attached hydrogens (tertiary/aromatic N) is 1. The third-order valence-corrected chi connectivity index (χ3v) is 5.60. The van der Waals surface area contributed by atoms with Gasteiger partial charge in [-0.25, -0.2) is 0 Å². The summed E-state index contributed by atoms with van der Waals surface area (Å²) in [5.41, 5.74) is 5.38. The van der Waals surface area contributed by atoms with Crippen LogP contribution in [0.1, 0.15) is 33.6 Å². The second kappa shape index (κ2) is 4.90. The first-order valence-electron chi connectivity index (χ1n) is 7.41. The number of fused-ring (bicyclic) bond motifs is 2. The number of rotatable bonds is 2. The number of hydrogen-bond donors (Lipinski definition) is 1. The van der Waals surface area contributed by atoms with Gasteiger partial charge >= 0.3 is 0 Å². The molecule has 0 fully saturated rings. The Morgan fingerprint density at radius 3 is 2.85 bits per heavy atom. The normalized spacial score (nSPS) is 18.0. The van der Waals surface area contributed by atoms with Gasteiger partial charge in [0.15, 0.2) is 0 Å². The summed E-state index contributed by atoms with van der Waals surface area (Å²) in [4.78, 5) is 3.99. The number of benzene rings is 1. The van der Waals surface area contributed by atoms with E-state index < -0.39 is 0 Å². The van der Waals surface area contributed by atoms with E-state index in [0.29, 0.717) is 5.75 Å². The van der Waals surface area contributed by atoms with E-state index in [2.05, 4.69) is 22.4 Å². The molecular weight excluding hydrogens is 266 g/mol. The number of phenols is 1. The maximum Gasteiger partial charge on any atom is 0.120 e. The second-order valence-electron chi connectivity index (χ2n) is 5.93. The molecule has 0 bridgehead atoms. The van der Waals surface area contributed by atoms with Crippen LogP contribution in [0.15, 0.2) is 23.6 Å². The van der Waals surface area contributed by atoms with Gasteiger partial charge in [-0.1, -0.05) is 6.07 Å². The Hall–Kier alpha value is -1.32. The van der Waals surface area contributed by atoms with Crippen LogP contribution in [0, 0.1) is 0 Å². The largest absolute Gasteiger partial charge is 0.508 e. The van der Waals surface area contributed by atoms with E-state index in [1.165, 1.54) is 29.5 Å². The third kappa shape index (κ3) is 2.15. The highest BCUT2D eigenvalue weighted by Crippen LogP contribution is 2.31. The minimum absolute atomic E-state index is 0.488. The van der Waals surface area contributed by atoms with Gasteiger partial charge < -0.3 is 5.11 Å². The number of aromatic hydroxyl groups is 1. The lowest BCUT2D eigenvalue weighted by atomic mass is 10.0. The van der Waals surface area contributed by atoms with Gasteiger partial charge in [0.1, 0.15) is 5.75 Å². The average molecular weight is 285 g/mol. The zero-order chi connectivity index (χ0) is 13.5. The van der Waals surface area contributed by atoms with Gasteiger partial charge in [0.25, 0.3) is 0 Å². The SMILES string of the molecule is Oc1cc2c(cc1CN1CCc3sccc3C1)CCC2. The van der Waals surface area contributed by atoms with Crippen LogP contribution in [-0.2, 0) is 32.4 Å². The molecule has 0 radical (unpaired) electrons. The second-order valence-corrected chi connectivity index (χ2v) is 6.93. The Balaban J connectivity index is 1.55. The molecule has 0 atom stereocenters. The lowest BCUT2D eigenvalue weighted by molar-refractivity contribution is 0.244. The van der Waals surface area contributed by atoms with Gasteiger partial charge in [0.2, 0.25) is 0 Å². The molecule has 104 valence electrons. The van der Waals surface area contributed by atoms with Gasteiger partial charge in [0.05, 0.1) is 0 Å². The van der Waals surface area contributed by atoms with Crippen molar-refractivity contribution in [2.45, 2.75) is 38.8 Å². The molecule has 1 aromatic carbocycles. The van der Waals surface area contributed by atoms with Crippen molar-refractivity contribution in [3.63, 3.8) is 0 Å². The lowest BCUT2D eigenvalue weighted by Gasteiger charge is -2.27. The quantitative estimate of drug-likeness (QED) is 0.913. The molecule has 0 amide bonds. The molecule has 1 aliphatic carbocycles. The Labute approximate surface area is 123 Å². The van der Waals surface area contributed by atoms with Gasteiger partial charge in [0, 0.05) is 30.1 Å². The van der Waals surface area contributed by atoms with Crippen LogP contribution in [-0.4, -0.2) is 16.6 Å². The molecule has 4 rings (SSSR count). The molecule has 0 saturated heterocycles. The van der Waals surface area contributed by atoms with E-state index in [1.54, 1.807) is 4.88 Å². The van der Waals surface area contributed by atoms with Crippen molar-refractivity contribution in [2.24, 2.45) is 0 Å². The molecule has 2 aromatic rings. The first kappa shape index (κ1) is 12.4. The summed E-state index contributed by atoms with van der Waals surface area (Å²) in [6.07, 6.45) is 4.70. The number of phenolic OH excluding ortho intramolecular Hbond substituents is 1. The van der Waals surface area contributed by atoms with Crippen molar-refractivity contribution in [3.8, 4) is 5.75 Å². The van der Waals surface area contributed by atoms with Crippen molar-refractivity contribution in [1.82, 2.24) is 4.90 Å². The highest BCUT2D eigenvalue weighted by molar-refractivity contribution is 7.10. The van der Waals surface area contributed by atoms with E-state index in [9.17, 15) is 5.11 Å². The number of hydrogen-bond acceptors (Lipinski definition) is 3. The predicted octanol–water partition coefficient (Wildman–Crippen LogP) is 3.50. The Morgan fingerprint density at radius 2 is 1.95 bits per heavy atom. The van der Waals surface area contributed by atoms with Crippen molar-refractivity contribution in [2.75, 3.05) is 6.54 Å². The molecule has 0 spiro atoms. The summed E-state index contributed by atoms with van der Waals surface area (Å²) in [6.45, 7) is 2.99. The molecular formula is C17H19NOS. The molecule has 1 aliphatic heterocycles. The molecule has 3 heteroatoms. The maximum absolute atomic E-state index is 10.2. The van der Waals surface area contributed by atoms with E-state index in [-0.39, 0.29) is 0 Å². The van der Waals surface area contributed by atoms with Gasteiger partial charge in [-0.15, -0.1) is 11.3 Å². The third-order valence-electron chi connectivity index (χ3n) is 4.57. The fourth-order valence-electron chi connectivity index (χ4n) is 3.47. The number of aryl methyl sites for hydroxylation is 2. The number of thiophene rings is 1. The van der Waals surface area contributed by atoms with Crippen LogP contribution in [0.5, 0.6) is 5.75 Å². The molecule has 0 unspecified atom stereocenters. The molecule has 2 heterocycles. The van der Waals surface area contributed by atoms with Gasteiger partial charge in [-0.2, -0.15) is 0 Å². The van der Waals surface area contributed by atoms with Gasteiger partial charge in [-0.05, 0) is 59.9 Å². The van der Waals surface area contributed by atoms with Crippen molar-refractivity contribution >= 4 is 11.3 Å². The Morgan fingerprint density at radius 1 is 1.10 bits per heavy atom. The van der Waals surface area contributed by atoms with Crippen molar-refractivity contribution in [3.05, 3.63) is 50.7 Å². The lowest BCUT2D eigenvalue weighted by Crippen LogP contribution is -2.29. The van der Waals surface area contributed by atoms with Gasteiger partial charge in [-0.3, -0.25) is 4.90 Å². The smallest absolute Gasteiger partial charge is 0.120 e. The van der Waals surface area contributed by atoms with E-state index in [0.717, 1.165) is 38.0 Å². The highest BCUT2D eigenvalue weighted by atomic mass is 32.1. The minimum atomic E-state index is 0.488. The molecule has 1 aromatic heterocycles. The average Bonchev–Trinajstić information content (AvgIpc) is 3.06. The molecule has 0 saturated carbocycles. The Bertz CT molecular complexity index is 646.